The summed E-state index contributed by atoms with van der Waals surface area (Å²) in [7, 11) is -0.219. The number of fused-ring (bicyclic) bond motifs is 1. The molecule has 8 nitrogen and oxygen atoms in total. The monoisotopic (exact) mass is 521 g/mol. The molecule has 2 N–H and O–H groups in total. The number of benzene rings is 1. The summed E-state index contributed by atoms with van der Waals surface area (Å²) in [6.45, 7) is 0.190. The fourth-order valence-electron chi connectivity index (χ4n) is 4.74. The quantitative estimate of drug-likeness (QED) is 0.577. The fourth-order valence-corrected chi connectivity index (χ4v) is 6.03. The molecule has 11 heteroatoms. The van der Waals surface area contributed by atoms with Crippen molar-refractivity contribution in [3.63, 3.8) is 0 Å². The van der Waals surface area contributed by atoms with Crippen LogP contribution in [0.15, 0.2) is 29.2 Å². The van der Waals surface area contributed by atoms with Crippen molar-refractivity contribution in [3.05, 3.63) is 47.2 Å². The zero-order valence-electron chi connectivity index (χ0n) is 20.5. The minimum Gasteiger partial charge on any atom is -0.481 e. The Balaban J connectivity index is 1.65. The van der Waals surface area contributed by atoms with Crippen LogP contribution in [0.4, 0.5) is 14.5 Å². The molecule has 2 aromatic rings. The predicted molar refractivity (Wildman–Crippen MR) is 131 cm³/mol. The van der Waals surface area contributed by atoms with Crippen LogP contribution in [-0.2, 0) is 20.8 Å². The second-order valence-corrected chi connectivity index (χ2v) is 14.0. The van der Waals surface area contributed by atoms with Gasteiger partial charge in [-0.25, -0.2) is 23.8 Å². The van der Waals surface area contributed by atoms with Crippen molar-refractivity contribution in [1.29, 1.82) is 0 Å². The summed E-state index contributed by atoms with van der Waals surface area (Å²) in [5, 5.41) is 11.6. The average Bonchev–Trinajstić information content (AvgIpc) is 3.54. The van der Waals surface area contributed by atoms with E-state index in [2.05, 4.69) is 10.3 Å². The van der Waals surface area contributed by atoms with Gasteiger partial charge in [0, 0.05) is 42.6 Å². The van der Waals surface area contributed by atoms with Crippen LogP contribution in [0.25, 0.3) is 0 Å². The number of carbonyl (C=O) groups is 3. The highest BCUT2D eigenvalue weighted by Gasteiger charge is 2.49. The highest BCUT2D eigenvalue weighted by atomic mass is 32.3. The van der Waals surface area contributed by atoms with E-state index in [0.717, 1.165) is 12.1 Å². The van der Waals surface area contributed by atoms with Crippen LogP contribution in [-0.4, -0.2) is 65.2 Å². The molecule has 1 aliphatic carbocycles. The normalized spacial score (nSPS) is 21.4. The summed E-state index contributed by atoms with van der Waals surface area (Å²) in [4.78, 5) is 43.7. The Morgan fingerprint density at radius 3 is 2.44 bits per heavy atom. The third-order valence-corrected chi connectivity index (χ3v) is 8.09. The Morgan fingerprint density at radius 2 is 1.86 bits per heavy atom. The molecular formula is C25H29F2N3O5S. The molecule has 194 valence electrons. The van der Waals surface area contributed by atoms with Crippen molar-refractivity contribution in [2.45, 2.75) is 30.2 Å². The number of methoxy groups -OCH3 is 1. The van der Waals surface area contributed by atoms with E-state index < -0.39 is 45.5 Å². The molecule has 1 aromatic heterocycles. The van der Waals surface area contributed by atoms with Crippen molar-refractivity contribution in [2.24, 2.45) is 11.8 Å². The summed E-state index contributed by atoms with van der Waals surface area (Å²) >= 11 is 0. The number of aromatic nitrogens is 1. The third-order valence-electron chi connectivity index (χ3n) is 6.47. The minimum atomic E-state index is -1.69. The number of aliphatic carboxylic acids is 1. The lowest BCUT2D eigenvalue weighted by molar-refractivity contribution is -0.141. The number of nitrogens with one attached hydrogen (secondary N) is 1. The molecule has 0 unspecified atom stereocenters. The van der Waals surface area contributed by atoms with Gasteiger partial charge in [0.25, 0.3) is 5.91 Å². The van der Waals surface area contributed by atoms with Crippen LogP contribution in [0.1, 0.15) is 30.1 Å². The zero-order valence-corrected chi connectivity index (χ0v) is 21.3. The maximum atomic E-state index is 14.8. The Kier molecular flexibility index (Phi) is 6.96. The summed E-state index contributed by atoms with van der Waals surface area (Å²) in [6, 6.07) is 4.31. The number of ether oxygens (including phenoxy) is 1. The van der Waals surface area contributed by atoms with Crippen molar-refractivity contribution in [1.82, 2.24) is 9.88 Å². The van der Waals surface area contributed by atoms with E-state index in [0.29, 0.717) is 30.0 Å². The average molecular weight is 522 g/mol. The molecule has 4 rings (SSSR count). The van der Waals surface area contributed by atoms with Gasteiger partial charge in [-0.1, -0.05) is 0 Å². The highest BCUT2D eigenvalue weighted by molar-refractivity contribution is 8.32. The second kappa shape index (κ2) is 9.68. The summed E-state index contributed by atoms with van der Waals surface area (Å²) in [5.74, 6) is -3.81. The number of halogens is 2. The molecule has 1 aromatic carbocycles. The van der Waals surface area contributed by atoms with E-state index in [4.69, 9.17) is 9.84 Å². The van der Waals surface area contributed by atoms with Gasteiger partial charge in [-0.2, -0.15) is 0 Å². The van der Waals surface area contributed by atoms with E-state index in [-0.39, 0.29) is 35.4 Å². The molecule has 2 aliphatic rings. The number of carboxylic acids is 1. The van der Waals surface area contributed by atoms with Crippen molar-refractivity contribution in [2.75, 3.05) is 37.7 Å². The number of pyridine rings is 1. The minimum absolute atomic E-state index is 0.00480. The van der Waals surface area contributed by atoms with Gasteiger partial charge in [-0.15, -0.1) is 0 Å². The molecule has 0 bridgehead atoms. The topological polar surface area (TPSA) is 109 Å². The van der Waals surface area contributed by atoms with Crippen LogP contribution >= 0.6 is 10.0 Å². The van der Waals surface area contributed by atoms with Crippen LogP contribution in [0.3, 0.4) is 0 Å². The third kappa shape index (κ3) is 5.16. The van der Waals surface area contributed by atoms with E-state index >= 15 is 0 Å². The molecule has 0 spiro atoms. The lowest BCUT2D eigenvalue weighted by atomic mass is 9.95. The first kappa shape index (κ1) is 25.9. The van der Waals surface area contributed by atoms with Crippen molar-refractivity contribution in [3.8, 4) is 5.88 Å². The van der Waals surface area contributed by atoms with Crippen LogP contribution < -0.4 is 10.1 Å². The first-order chi connectivity index (χ1) is 16.9. The molecule has 1 saturated carbocycles. The standard InChI is InChI=1S/C25H29F2N3O5S/c1-35-20-6-5-15-19(29-20)7-8-30(25(34)16-9-13(16)10-21(31)32)22(15)24(33)28-14-11-17(26)23(18(27)12-14)36(2,3)4/h5-6,11-13,16,22H,7-10H2,1-4H3,(H,28,33)(H,31,32)/t13-,16+,22-/m1/s1. The van der Waals surface area contributed by atoms with E-state index in [1.807, 2.05) is 0 Å². The van der Waals surface area contributed by atoms with Crippen LogP contribution in [0.5, 0.6) is 5.88 Å². The lowest BCUT2D eigenvalue weighted by Gasteiger charge is -2.36. The first-order valence-corrected chi connectivity index (χ1v) is 14.3. The Hall–Kier alpha value is -3.21. The number of hydrogen-bond acceptors (Lipinski definition) is 5. The molecule has 1 fully saturated rings. The second-order valence-electron chi connectivity index (χ2n) is 9.87. The summed E-state index contributed by atoms with van der Waals surface area (Å²) in [5.41, 5.74) is 1.01. The van der Waals surface area contributed by atoms with Gasteiger partial charge in [0.05, 0.1) is 17.7 Å². The molecular weight excluding hydrogens is 492 g/mol. The van der Waals surface area contributed by atoms with Crippen molar-refractivity contribution >= 4 is 33.5 Å². The predicted octanol–water partition coefficient (Wildman–Crippen LogP) is 3.60. The van der Waals surface area contributed by atoms with Gasteiger partial charge in [0.15, 0.2) is 0 Å². The Labute approximate surface area is 209 Å². The maximum Gasteiger partial charge on any atom is 0.303 e. The SMILES string of the molecule is COc1ccc2c(n1)CCN(C(=O)[C@H]1C[C@@H]1CC(=O)O)[C@H]2C(=O)Nc1cc(F)c(S(C)(C)C)c(F)c1. The number of rotatable bonds is 7. The molecule has 1 aliphatic heterocycles. The Bertz CT molecular complexity index is 1210. The molecule has 3 atom stereocenters. The molecule has 0 saturated heterocycles. The van der Waals surface area contributed by atoms with Crippen molar-refractivity contribution < 1.29 is 33.0 Å². The highest BCUT2D eigenvalue weighted by Crippen LogP contribution is 2.49. The number of hydrogen-bond donors (Lipinski definition) is 2. The van der Waals surface area contributed by atoms with Crippen LogP contribution in [0, 0.1) is 23.5 Å². The van der Waals surface area contributed by atoms with Gasteiger partial charge in [-0.05, 0) is 49.3 Å². The van der Waals surface area contributed by atoms with E-state index in [1.165, 1.54) is 12.0 Å². The first-order valence-electron chi connectivity index (χ1n) is 11.4. The molecule has 36 heavy (non-hydrogen) atoms. The van der Waals surface area contributed by atoms with Gasteiger partial charge < -0.3 is 20.1 Å². The fraction of sp³-hybridized carbons (Fsp3) is 0.440. The number of nitrogens with zero attached hydrogens (tertiary/aromatic N) is 2. The molecule has 0 radical (unpaired) electrons. The van der Waals surface area contributed by atoms with Gasteiger partial charge in [-0.3, -0.25) is 14.4 Å². The largest absolute Gasteiger partial charge is 0.481 e. The number of carboxylic acid groups (broad SMARTS) is 1. The number of carbonyl (C=O) groups excluding carboxylic acids is 2. The maximum absolute atomic E-state index is 14.8. The van der Waals surface area contributed by atoms with E-state index in [1.54, 1.807) is 30.9 Å². The molecule has 2 heterocycles. The zero-order chi connectivity index (χ0) is 26.4. The smallest absolute Gasteiger partial charge is 0.303 e. The number of amides is 2. The van der Waals surface area contributed by atoms with E-state index in [9.17, 15) is 23.2 Å². The van der Waals surface area contributed by atoms with Gasteiger partial charge in [0.2, 0.25) is 11.8 Å². The van der Waals surface area contributed by atoms with Crippen LogP contribution in [0.2, 0.25) is 0 Å². The van der Waals surface area contributed by atoms with Gasteiger partial charge >= 0.3 is 5.97 Å². The van der Waals surface area contributed by atoms with Gasteiger partial charge in [0.1, 0.15) is 17.7 Å². The molecule has 2 amide bonds. The lowest BCUT2D eigenvalue weighted by Crippen LogP contribution is -2.46. The number of anilines is 1. The summed E-state index contributed by atoms with van der Waals surface area (Å²) < 4.78 is 34.7. The summed E-state index contributed by atoms with van der Waals surface area (Å²) in [6.07, 6.45) is 6.02. The Morgan fingerprint density at radius 1 is 1.19 bits per heavy atom.